The Bertz CT molecular complexity index is 195. The van der Waals surface area contributed by atoms with Gasteiger partial charge in [-0.1, -0.05) is 19.8 Å². The summed E-state index contributed by atoms with van der Waals surface area (Å²) in [6, 6.07) is 0. The molecule has 88 valence electrons. The van der Waals surface area contributed by atoms with Crippen LogP contribution in [0.4, 0.5) is 0 Å². The van der Waals surface area contributed by atoms with Gasteiger partial charge in [-0.15, -0.1) is 0 Å². The molecule has 1 unspecified atom stereocenters. The summed E-state index contributed by atoms with van der Waals surface area (Å²) in [5, 5.41) is 0. The molecule has 0 amide bonds. The molecule has 1 fully saturated rings. The predicted octanol–water partition coefficient (Wildman–Crippen LogP) is 3.03. The van der Waals surface area contributed by atoms with Crippen LogP contribution in [0, 0.1) is 0 Å². The fourth-order valence-electron chi connectivity index (χ4n) is 2.06. The summed E-state index contributed by atoms with van der Waals surface area (Å²) in [5.41, 5.74) is 0. The molecule has 15 heavy (non-hydrogen) atoms. The number of esters is 1. The van der Waals surface area contributed by atoms with E-state index in [1.54, 1.807) is 0 Å². The van der Waals surface area contributed by atoms with Crippen molar-refractivity contribution in [3.8, 4) is 0 Å². The number of unbranched alkanes of at least 4 members (excludes halogenated alkanes) is 2. The van der Waals surface area contributed by atoms with Crippen molar-refractivity contribution in [1.29, 1.82) is 0 Å². The van der Waals surface area contributed by atoms with Crippen LogP contribution in [0.15, 0.2) is 0 Å². The molecule has 0 aromatic carbocycles. The molecule has 0 N–H and O–H groups in total. The van der Waals surface area contributed by atoms with Gasteiger partial charge in [0.05, 0.1) is 6.61 Å². The van der Waals surface area contributed by atoms with Gasteiger partial charge in [-0.3, -0.25) is 4.79 Å². The Kier molecular flexibility index (Phi) is 5.09. The number of hydrogen-bond donors (Lipinski definition) is 0. The molecule has 0 aromatic heterocycles. The van der Waals surface area contributed by atoms with Gasteiger partial charge in [-0.25, -0.2) is 0 Å². The molecule has 3 nitrogen and oxygen atoms in total. The molecule has 1 aliphatic rings. The van der Waals surface area contributed by atoms with Crippen molar-refractivity contribution in [2.75, 3.05) is 6.61 Å². The Morgan fingerprint density at radius 3 is 2.73 bits per heavy atom. The minimum Gasteiger partial charge on any atom is -0.433 e. The SMILES string of the molecule is CCCCCC1(OC(C)=O)CCCCO1. The maximum Gasteiger partial charge on any atom is 0.305 e. The first-order chi connectivity index (χ1) is 7.18. The van der Waals surface area contributed by atoms with E-state index in [1.165, 1.54) is 19.8 Å². The smallest absolute Gasteiger partial charge is 0.305 e. The molecule has 1 aliphatic heterocycles. The van der Waals surface area contributed by atoms with E-state index < -0.39 is 5.79 Å². The molecule has 3 heteroatoms. The lowest BCUT2D eigenvalue weighted by atomic mass is 9.99. The second-order valence-electron chi connectivity index (χ2n) is 4.27. The highest BCUT2D eigenvalue weighted by Crippen LogP contribution is 2.31. The second-order valence-corrected chi connectivity index (χ2v) is 4.27. The van der Waals surface area contributed by atoms with Crippen molar-refractivity contribution < 1.29 is 14.3 Å². The third-order valence-electron chi connectivity index (χ3n) is 2.81. The summed E-state index contributed by atoms with van der Waals surface area (Å²) in [6.45, 7) is 4.35. The number of carbonyl (C=O) groups is 1. The topological polar surface area (TPSA) is 35.5 Å². The lowest BCUT2D eigenvalue weighted by Crippen LogP contribution is -2.40. The highest BCUT2D eigenvalue weighted by atomic mass is 16.7. The van der Waals surface area contributed by atoms with Gasteiger partial charge in [0.25, 0.3) is 0 Å². The van der Waals surface area contributed by atoms with Crippen molar-refractivity contribution >= 4 is 5.97 Å². The van der Waals surface area contributed by atoms with E-state index in [0.29, 0.717) is 0 Å². The second kappa shape index (κ2) is 6.11. The molecule has 0 aliphatic carbocycles. The zero-order valence-electron chi connectivity index (χ0n) is 9.88. The number of carbonyl (C=O) groups excluding carboxylic acids is 1. The van der Waals surface area contributed by atoms with Gasteiger partial charge in [-0.2, -0.15) is 0 Å². The van der Waals surface area contributed by atoms with E-state index >= 15 is 0 Å². The third-order valence-corrected chi connectivity index (χ3v) is 2.81. The van der Waals surface area contributed by atoms with Gasteiger partial charge < -0.3 is 9.47 Å². The van der Waals surface area contributed by atoms with Gasteiger partial charge in [0.1, 0.15) is 0 Å². The first-order valence-electron chi connectivity index (χ1n) is 6.02. The Labute approximate surface area is 92.1 Å². The van der Waals surface area contributed by atoms with E-state index in [4.69, 9.17) is 9.47 Å². The summed E-state index contributed by atoms with van der Waals surface area (Å²) in [6.07, 6.45) is 7.30. The van der Waals surface area contributed by atoms with E-state index in [-0.39, 0.29) is 5.97 Å². The van der Waals surface area contributed by atoms with Crippen LogP contribution in [0.25, 0.3) is 0 Å². The minimum absolute atomic E-state index is 0.228. The molecule has 0 saturated carbocycles. The van der Waals surface area contributed by atoms with Gasteiger partial charge in [0.15, 0.2) is 0 Å². The van der Waals surface area contributed by atoms with Crippen LogP contribution in [0.3, 0.4) is 0 Å². The Morgan fingerprint density at radius 2 is 2.20 bits per heavy atom. The molecule has 1 rings (SSSR count). The van der Waals surface area contributed by atoms with Gasteiger partial charge >= 0.3 is 5.97 Å². The monoisotopic (exact) mass is 214 g/mol. The first kappa shape index (κ1) is 12.5. The molecule has 1 heterocycles. The molecule has 0 bridgehead atoms. The average Bonchev–Trinajstić information content (AvgIpc) is 2.18. The summed E-state index contributed by atoms with van der Waals surface area (Å²) in [7, 11) is 0. The van der Waals surface area contributed by atoms with E-state index in [2.05, 4.69) is 6.92 Å². The number of rotatable bonds is 5. The van der Waals surface area contributed by atoms with Gasteiger partial charge in [-0.05, 0) is 19.3 Å². The predicted molar refractivity (Wildman–Crippen MR) is 58.4 cm³/mol. The van der Waals surface area contributed by atoms with Crippen LogP contribution in [0.5, 0.6) is 0 Å². The Morgan fingerprint density at radius 1 is 1.40 bits per heavy atom. The zero-order chi connectivity index (χ0) is 11.1. The molecule has 0 aromatic rings. The summed E-state index contributed by atoms with van der Waals surface area (Å²) in [5.74, 6) is -0.826. The molecule has 0 radical (unpaired) electrons. The minimum atomic E-state index is -0.598. The summed E-state index contributed by atoms with van der Waals surface area (Å²) < 4.78 is 11.0. The fraction of sp³-hybridized carbons (Fsp3) is 0.917. The van der Waals surface area contributed by atoms with Crippen LogP contribution in [0.1, 0.15) is 58.8 Å². The van der Waals surface area contributed by atoms with Crippen molar-refractivity contribution in [2.24, 2.45) is 0 Å². The maximum atomic E-state index is 11.0. The Balaban J connectivity index is 2.46. The third kappa shape index (κ3) is 4.20. The largest absolute Gasteiger partial charge is 0.433 e. The molecule has 1 saturated heterocycles. The first-order valence-corrected chi connectivity index (χ1v) is 6.02. The van der Waals surface area contributed by atoms with Crippen molar-refractivity contribution in [1.82, 2.24) is 0 Å². The zero-order valence-corrected chi connectivity index (χ0v) is 9.88. The van der Waals surface area contributed by atoms with E-state index in [1.807, 2.05) is 0 Å². The lowest BCUT2D eigenvalue weighted by molar-refractivity contribution is -0.248. The van der Waals surface area contributed by atoms with Crippen molar-refractivity contribution in [3.05, 3.63) is 0 Å². The lowest BCUT2D eigenvalue weighted by Gasteiger charge is -2.36. The van der Waals surface area contributed by atoms with Gasteiger partial charge in [0, 0.05) is 19.8 Å². The highest BCUT2D eigenvalue weighted by Gasteiger charge is 2.35. The van der Waals surface area contributed by atoms with Crippen LogP contribution >= 0.6 is 0 Å². The molecular weight excluding hydrogens is 192 g/mol. The van der Waals surface area contributed by atoms with Crippen molar-refractivity contribution in [3.63, 3.8) is 0 Å². The Hall–Kier alpha value is -0.570. The number of hydrogen-bond acceptors (Lipinski definition) is 3. The van der Waals surface area contributed by atoms with E-state index in [0.717, 1.165) is 38.7 Å². The van der Waals surface area contributed by atoms with Crippen LogP contribution in [0.2, 0.25) is 0 Å². The summed E-state index contributed by atoms with van der Waals surface area (Å²) in [4.78, 5) is 11.0. The summed E-state index contributed by atoms with van der Waals surface area (Å²) >= 11 is 0. The van der Waals surface area contributed by atoms with Crippen LogP contribution in [-0.2, 0) is 14.3 Å². The normalized spacial score (nSPS) is 26.3. The molecule has 0 spiro atoms. The fourth-order valence-corrected chi connectivity index (χ4v) is 2.06. The highest BCUT2D eigenvalue weighted by molar-refractivity contribution is 5.66. The number of ether oxygens (including phenoxy) is 2. The van der Waals surface area contributed by atoms with E-state index in [9.17, 15) is 4.79 Å². The standard InChI is InChI=1S/C12H22O3/c1-3-4-5-8-12(15-11(2)13)9-6-7-10-14-12/h3-10H2,1-2H3. The quantitative estimate of drug-likeness (QED) is 0.521. The van der Waals surface area contributed by atoms with Crippen LogP contribution in [-0.4, -0.2) is 18.4 Å². The average molecular weight is 214 g/mol. The molecule has 1 atom stereocenters. The molecular formula is C12H22O3. The maximum absolute atomic E-state index is 11.0. The van der Waals surface area contributed by atoms with Crippen molar-refractivity contribution in [2.45, 2.75) is 64.6 Å². The van der Waals surface area contributed by atoms with Gasteiger partial charge in [0.2, 0.25) is 5.79 Å². The van der Waals surface area contributed by atoms with Crippen LogP contribution < -0.4 is 0 Å².